The summed E-state index contributed by atoms with van der Waals surface area (Å²) < 4.78 is 0. The highest BCUT2D eigenvalue weighted by Gasteiger charge is 2.24. The first-order valence-corrected chi connectivity index (χ1v) is 7.72. The minimum Gasteiger partial charge on any atom is -0.481 e. The van der Waals surface area contributed by atoms with Crippen molar-refractivity contribution in [3.8, 4) is 0 Å². The summed E-state index contributed by atoms with van der Waals surface area (Å²) in [7, 11) is 0. The van der Waals surface area contributed by atoms with Crippen LogP contribution in [0.3, 0.4) is 0 Å². The van der Waals surface area contributed by atoms with Crippen molar-refractivity contribution in [3.63, 3.8) is 0 Å². The summed E-state index contributed by atoms with van der Waals surface area (Å²) in [4.78, 5) is 11.0. The van der Waals surface area contributed by atoms with E-state index in [0.717, 1.165) is 24.8 Å². The van der Waals surface area contributed by atoms with E-state index in [9.17, 15) is 9.90 Å². The lowest BCUT2D eigenvalue weighted by molar-refractivity contribution is -0.138. The van der Waals surface area contributed by atoms with Gasteiger partial charge in [-0.25, -0.2) is 0 Å². The normalized spacial score (nSPS) is 15.4. The molecule has 3 atom stereocenters. The van der Waals surface area contributed by atoms with Crippen molar-refractivity contribution in [2.45, 2.75) is 64.6 Å². The van der Waals surface area contributed by atoms with Crippen LogP contribution in [-0.2, 0) is 11.2 Å². The maximum Gasteiger partial charge on any atom is 0.305 e. The number of carboxylic acid groups (broad SMARTS) is 1. The van der Waals surface area contributed by atoms with Gasteiger partial charge in [0.25, 0.3) is 0 Å². The van der Waals surface area contributed by atoms with Gasteiger partial charge in [0.15, 0.2) is 0 Å². The van der Waals surface area contributed by atoms with Crippen LogP contribution < -0.4 is 5.32 Å². The summed E-state index contributed by atoms with van der Waals surface area (Å²) in [5.74, 6) is -0.905. The fourth-order valence-corrected chi connectivity index (χ4v) is 2.34. The lowest BCUT2D eigenvalue weighted by atomic mass is 9.97. The predicted octanol–water partition coefficient (Wildman–Crippen LogP) is 2.90. The molecule has 0 fully saturated rings. The monoisotopic (exact) mass is 293 g/mol. The Morgan fingerprint density at radius 1 is 1.24 bits per heavy atom. The third kappa shape index (κ3) is 5.86. The fraction of sp³-hybridized carbons (Fsp3) is 0.588. The smallest absolute Gasteiger partial charge is 0.305 e. The van der Waals surface area contributed by atoms with Crippen LogP contribution in [0.25, 0.3) is 0 Å². The van der Waals surface area contributed by atoms with Crippen molar-refractivity contribution in [2.24, 2.45) is 0 Å². The summed E-state index contributed by atoms with van der Waals surface area (Å²) in [5.41, 5.74) is 2.00. The first-order chi connectivity index (χ1) is 9.97. The van der Waals surface area contributed by atoms with Crippen molar-refractivity contribution >= 4 is 5.97 Å². The maximum absolute atomic E-state index is 11.0. The van der Waals surface area contributed by atoms with Crippen LogP contribution in [-0.4, -0.2) is 28.3 Å². The average Bonchev–Trinajstić information content (AvgIpc) is 2.46. The van der Waals surface area contributed by atoms with Gasteiger partial charge in [-0.2, -0.15) is 0 Å². The van der Waals surface area contributed by atoms with Gasteiger partial charge >= 0.3 is 5.97 Å². The molecule has 1 aromatic rings. The van der Waals surface area contributed by atoms with Crippen LogP contribution in [0, 0.1) is 0 Å². The van der Waals surface area contributed by atoms with Gasteiger partial charge in [0.2, 0.25) is 0 Å². The second-order valence-corrected chi connectivity index (χ2v) is 5.62. The molecule has 3 N–H and O–H groups in total. The summed E-state index contributed by atoms with van der Waals surface area (Å²) >= 11 is 0. The fourth-order valence-electron chi connectivity index (χ4n) is 2.34. The number of hydrogen-bond acceptors (Lipinski definition) is 3. The molecule has 3 unspecified atom stereocenters. The highest BCUT2D eigenvalue weighted by molar-refractivity contribution is 5.67. The quantitative estimate of drug-likeness (QED) is 0.655. The number of nitrogens with one attached hydrogen (secondary N) is 1. The van der Waals surface area contributed by atoms with Crippen molar-refractivity contribution in [1.29, 1.82) is 0 Å². The van der Waals surface area contributed by atoms with Gasteiger partial charge in [-0.3, -0.25) is 4.79 Å². The zero-order valence-electron chi connectivity index (χ0n) is 13.2. The Kier molecular flexibility index (Phi) is 7.40. The molecule has 0 saturated heterocycles. The third-order valence-corrected chi connectivity index (χ3v) is 3.75. The first kappa shape index (κ1) is 17.7. The van der Waals surface area contributed by atoms with E-state index < -0.39 is 18.1 Å². The predicted molar refractivity (Wildman–Crippen MR) is 84.3 cm³/mol. The Balaban J connectivity index is 2.82. The Hall–Kier alpha value is -1.39. The zero-order valence-corrected chi connectivity index (χ0v) is 13.2. The number of benzene rings is 1. The van der Waals surface area contributed by atoms with Gasteiger partial charge in [-0.15, -0.1) is 0 Å². The van der Waals surface area contributed by atoms with E-state index in [0.29, 0.717) is 0 Å². The number of carboxylic acids is 1. The zero-order chi connectivity index (χ0) is 15.8. The molecular formula is C17H27NO3. The summed E-state index contributed by atoms with van der Waals surface area (Å²) in [5, 5.41) is 22.7. The van der Waals surface area contributed by atoms with E-state index >= 15 is 0 Å². The molecule has 0 aliphatic carbocycles. The lowest BCUT2D eigenvalue weighted by Gasteiger charge is -2.26. The minimum atomic E-state index is -0.905. The van der Waals surface area contributed by atoms with E-state index in [1.165, 1.54) is 5.56 Å². The van der Waals surface area contributed by atoms with Crippen LogP contribution in [0.15, 0.2) is 24.3 Å². The molecule has 1 rings (SSSR count). The van der Waals surface area contributed by atoms with E-state index in [2.05, 4.69) is 12.2 Å². The molecule has 0 heterocycles. The van der Waals surface area contributed by atoms with Crippen LogP contribution in [0.4, 0.5) is 0 Å². The lowest BCUT2D eigenvalue weighted by Crippen LogP contribution is -2.41. The minimum absolute atomic E-state index is 0.0950. The van der Waals surface area contributed by atoms with Gasteiger partial charge < -0.3 is 15.5 Å². The number of aliphatic hydroxyl groups excluding tert-OH is 1. The molecule has 0 radical (unpaired) electrons. The molecule has 1 aromatic carbocycles. The second kappa shape index (κ2) is 8.80. The molecule has 0 saturated carbocycles. The largest absolute Gasteiger partial charge is 0.481 e. The number of rotatable bonds is 9. The van der Waals surface area contributed by atoms with Crippen molar-refractivity contribution in [2.75, 3.05) is 0 Å². The molecule has 4 nitrogen and oxygen atoms in total. The molecule has 0 spiro atoms. The Morgan fingerprint density at radius 2 is 1.86 bits per heavy atom. The van der Waals surface area contributed by atoms with E-state index in [-0.39, 0.29) is 12.5 Å². The van der Waals surface area contributed by atoms with Crippen LogP contribution in [0.1, 0.15) is 57.3 Å². The molecule has 0 aromatic heterocycles. The number of aryl methyl sites for hydroxylation is 1. The molecule has 0 aliphatic heterocycles. The molecule has 4 heteroatoms. The number of hydrogen-bond donors (Lipinski definition) is 3. The number of aliphatic hydroxyl groups is 1. The average molecular weight is 293 g/mol. The van der Waals surface area contributed by atoms with Gasteiger partial charge in [0, 0.05) is 12.1 Å². The molecular weight excluding hydrogens is 266 g/mol. The van der Waals surface area contributed by atoms with Crippen molar-refractivity contribution in [3.05, 3.63) is 35.4 Å². The van der Waals surface area contributed by atoms with E-state index in [1.807, 2.05) is 38.1 Å². The first-order valence-electron chi connectivity index (χ1n) is 7.72. The third-order valence-electron chi connectivity index (χ3n) is 3.75. The summed E-state index contributed by atoms with van der Waals surface area (Å²) in [6, 6.07) is 7.48. The van der Waals surface area contributed by atoms with Gasteiger partial charge in [0.05, 0.1) is 12.5 Å². The second-order valence-electron chi connectivity index (χ2n) is 5.62. The summed E-state index contributed by atoms with van der Waals surface area (Å²) in [6.07, 6.45) is 2.07. The maximum atomic E-state index is 11.0. The number of aliphatic carboxylic acids is 1. The van der Waals surface area contributed by atoms with Gasteiger partial charge in [0.1, 0.15) is 0 Å². The van der Waals surface area contributed by atoms with Crippen LogP contribution in [0.2, 0.25) is 0 Å². The Labute approximate surface area is 127 Å². The van der Waals surface area contributed by atoms with Gasteiger partial charge in [-0.05, 0) is 30.9 Å². The van der Waals surface area contributed by atoms with Crippen LogP contribution in [0.5, 0.6) is 0 Å². The van der Waals surface area contributed by atoms with Crippen molar-refractivity contribution in [1.82, 2.24) is 5.32 Å². The molecule has 0 bridgehead atoms. The van der Waals surface area contributed by atoms with E-state index in [1.54, 1.807) is 0 Å². The molecule has 21 heavy (non-hydrogen) atoms. The molecule has 0 aliphatic rings. The topological polar surface area (TPSA) is 69.6 Å². The van der Waals surface area contributed by atoms with Crippen LogP contribution >= 0.6 is 0 Å². The molecule has 118 valence electrons. The highest BCUT2D eigenvalue weighted by Crippen LogP contribution is 2.21. The van der Waals surface area contributed by atoms with E-state index in [4.69, 9.17) is 5.11 Å². The Bertz CT molecular complexity index is 430. The Morgan fingerprint density at radius 3 is 2.33 bits per heavy atom. The molecule has 0 amide bonds. The number of carbonyl (C=O) groups is 1. The highest BCUT2D eigenvalue weighted by atomic mass is 16.4. The summed E-state index contributed by atoms with van der Waals surface area (Å²) in [6.45, 7) is 6.15. The van der Waals surface area contributed by atoms with Gasteiger partial charge in [-0.1, -0.05) is 44.5 Å². The SMILES string of the molecule is CCCc1ccc(C(O)C(CC(=O)O)NC(C)CC)cc1. The standard InChI is InChI=1S/C17H27NO3/c1-4-6-13-7-9-14(10-8-13)17(21)15(11-16(19)20)18-12(3)5-2/h7-10,12,15,17-18,21H,4-6,11H2,1-3H3,(H,19,20). The van der Waals surface area contributed by atoms with Crippen molar-refractivity contribution < 1.29 is 15.0 Å².